The lowest BCUT2D eigenvalue weighted by atomic mass is 10.0. The first kappa shape index (κ1) is 29.1. The molecule has 0 saturated carbocycles. The SMILES string of the molecule is C[Si](C)(C)CCOCn1cc(-c2ccc3ncc(OCCOc4cc(CO)cnn4)cc3c2)c2c(Cl)nc(Cl)nc21. The molecule has 0 saturated heterocycles. The molecule has 1 aromatic carbocycles. The molecule has 214 valence electrons. The van der Waals surface area contributed by atoms with E-state index in [0.717, 1.165) is 28.1 Å². The van der Waals surface area contributed by atoms with Crippen LogP contribution in [0.2, 0.25) is 36.1 Å². The molecular weight excluding hydrogens is 583 g/mol. The van der Waals surface area contributed by atoms with E-state index in [0.29, 0.717) is 41.6 Å². The number of halogens is 2. The first-order chi connectivity index (χ1) is 19.7. The van der Waals surface area contributed by atoms with Crippen molar-refractivity contribution in [2.24, 2.45) is 0 Å². The molecule has 10 nitrogen and oxygen atoms in total. The van der Waals surface area contributed by atoms with Gasteiger partial charge in [-0.05, 0) is 41.4 Å². The van der Waals surface area contributed by atoms with E-state index >= 15 is 0 Å². The van der Waals surface area contributed by atoms with E-state index in [4.69, 9.17) is 37.4 Å². The number of fused-ring (bicyclic) bond motifs is 2. The Morgan fingerprint density at radius 1 is 0.976 bits per heavy atom. The van der Waals surface area contributed by atoms with Gasteiger partial charge in [0.2, 0.25) is 11.2 Å². The monoisotopic (exact) mass is 612 g/mol. The Morgan fingerprint density at radius 3 is 2.61 bits per heavy atom. The average Bonchev–Trinajstić information content (AvgIpc) is 3.31. The minimum absolute atomic E-state index is 0.0807. The van der Waals surface area contributed by atoms with Crippen LogP contribution in [0.5, 0.6) is 11.6 Å². The zero-order valence-corrected chi connectivity index (χ0v) is 25.5. The maximum Gasteiger partial charge on any atom is 0.233 e. The van der Waals surface area contributed by atoms with Crippen LogP contribution < -0.4 is 9.47 Å². The van der Waals surface area contributed by atoms with E-state index < -0.39 is 8.07 Å². The van der Waals surface area contributed by atoms with Gasteiger partial charge < -0.3 is 23.9 Å². The zero-order valence-electron chi connectivity index (χ0n) is 23.0. The topological polar surface area (TPSA) is 117 Å². The molecule has 0 amide bonds. The molecule has 13 heteroatoms. The third kappa shape index (κ3) is 7.30. The minimum Gasteiger partial charge on any atom is -0.488 e. The van der Waals surface area contributed by atoms with E-state index in [1.165, 1.54) is 6.20 Å². The first-order valence-corrected chi connectivity index (χ1v) is 17.5. The van der Waals surface area contributed by atoms with Crippen molar-refractivity contribution in [3.05, 3.63) is 64.9 Å². The maximum absolute atomic E-state index is 9.23. The highest BCUT2D eigenvalue weighted by atomic mass is 35.5. The molecule has 0 aliphatic heterocycles. The molecule has 4 heterocycles. The Bertz CT molecular complexity index is 1680. The molecule has 5 aromatic rings. The lowest BCUT2D eigenvalue weighted by Gasteiger charge is -2.15. The summed E-state index contributed by atoms with van der Waals surface area (Å²) in [7, 11) is -1.21. The summed E-state index contributed by atoms with van der Waals surface area (Å²) in [4.78, 5) is 13.2. The van der Waals surface area contributed by atoms with Crippen LogP contribution in [0.3, 0.4) is 0 Å². The highest BCUT2D eigenvalue weighted by Gasteiger charge is 2.18. The van der Waals surface area contributed by atoms with E-state index in [1.54, 1.807) is 12.3 Å². The first-order valence-electron chi connectivity index (χ1n) is 13.1. The second-order valence-corrected chi connectivity index (χ2v) is 17.0. The second-order valence-electron chi connectivity index (χ2n) is 10.7. The van der Waals surface area contributed by atoms with Crippen LogP contribution in [0.25, 0.3) is 33.1 Å². The van der Waals surface area contributed by atoms with Gasteiger partial charge >= 0.3 is 0 Å². The molecule has 0 fully saturated rings. The van der Waals surface area contributed by atoms with Crippen LogP contribution in [-0.4, -0.2) is 62.7 Å². The van der Waals surface area contributed by atoms with Crippen molar-refractivity contribution in [1.29, 1.82) is 0 Å². The summed E-state index contributed by atoms with van der Waals surface area (Å²) in [5.74, 6) is 0.922. The normalized spacial score (nSPS) is 11.9. The Balaban J connectivity index is 1.35. The molecular formula is C28H30Cl2N6O4Si. The number of nitrogens with zero attached hydrogens (tertiary/aromatic N) is 6. The Kier molecular flexibility index (Phi) is 9.00. The molecule has 0 unspecified atom stereocenters. The molecule has 0 radical (unpaired) electrons. The molecule has 0 aliphatic rings. The number of benzene rings is 1. The van der Waals surface area contributed by atoms with Gasteiger partial charge in [0.15, 0.2) is 0 Å². The number of hydrogen-bond acceptors (Lipinski definition) is 9. The van der Waals surface area contributed by atoms with E-state index in [-0.39, 0.29) is 30.3 Å². The van der Waals surface area contributed by atoms with Gasteiger partial charge in [-0.15, -0.1) is 5.10 Å². The summed E-state index contributed by atoms with van der Waals surface area (Å²) in [6.45, 7) is 8.36. The van der Waals surface area contributed by atoms with Gasteiger partial charge in [-0.25, -0.2) is 4.98 Å². The molecule has 41 heavy (non-hydrogen) atoms. The summed E-state index contributed by atoms with van der Waals surface area (Å²) in [6, 6.07) is 10.6. The predicted octanol–water partition coefficient (Wildman–Crippen LogP) is 6.01. The second kappa shape index (κ2) is 12.7. The van der Waals surface area contributed by atoms with Gasteiger partial charge in [0.1, 0.15) is 36.5 Å². The molecule has 0 spiro atoms. The summed E-state index contributed by atoms with van der Waals surface area (Å²) >= 11 is 12.7. The fourth-order valence-electron chi connectivity index (χ4n) is 4.18. The lowest BCUT2D eigenvalue weighted by molar-refractivity contribution is 0.0899. The van der Waals surface area contributed by atoms with Crippen molar-refractivity contribution >= 4 is 53.2 Å². The number of aromatic nitrogens is 6. The number of pyridine rings is 1. The summed E-state index contributed by atoms with van der Waals surface area (Å²) in [5, 5.41) is 18.9. The molecule has 1 N–H and O–H groups in total. The van der Waals surface area contributed by atoms with Crippen molar-refractivity contribution in [1.82, 2.24) is 29.7 Å². The maximum atomic E-state index is 9.23. The van der Waals surface area contributed by atoms with Crippen molar-refractivity contribution in [3.63, 3.8) is 0 Å². The Morgan fingerprint density at radius 2 is 1.80 bits per heavy atom. The van der Waals surface area contributed by atoms with Crippen molar-refractivity contribution in [2.45, 2.75) is 39.0 Å². The summed E-state index contributed by atoms with van der Waals surface area (Å²) in [5.41, 5.74) is 3.84. The largest absolute Gasteiger partial charge is 0.488 e. The standard InChI is InChI=1S/C28H30Cl2N6O4Si/c1-41(2,3)9-8-38-17-36-15-22(25-26(29)33-28(30)34-27(25)36)19-4-5-23-20(11-19)12-21(14-31-23)39-6-7-40-24-10-18(16-37)13-32-35-24/h4-5,10-15,37H,6-9,16-17H2,1-3H3. The summed E-state index contributed by atoms with van der Waals surface area (Å²) in [6.07, 6.45) is 5.12. The highest BCUT2D eigenvalue weighted by Crippen LogP contribution is 2.36. The Labute approximate surface area is 248 Å². The molecule has 4 aromatic heterocycles. The summed E-state index contributed by atoms with van der Waals surface area (Å²) < 4.78 is 19.4. The van der Waals surface area contributed by atoms with Crippen LogP contribution in [0.1, 0.15) is 5.56 Å². The zero-order chi connectivity index (χ0) is 29.0. The molecule has 5 rings (SSSR count). The van der Waals surface area contributed by atoms with Gasteiger partial charge in [0, 0.05) is 43.5 Å². The minimum atomic E-state index is -1.21. The van der Waals surface area contributed by atoms with E-state index in [2.05, 4.69) is 44.8 Å². The van der Waals surface area contributed by atoms with Crippen LogP contribution in [0.4, 0.5) is 0 Å². The fourth-order valence-corrected chi connectivity index (χ4v) is 5.41. The Hall–Kier alpha value is -3.35. The van der Waals surface area contributed by atoms with Crippen molar-refractivity contribution in [2.75, 3.05) is 19.8 Å². The number of ether oxygens (including phenoxy) is 3. The van der Waals surface area contributed by atoms with Gasteiger partial charge in [-0.2, -0.15) is 10.1 Å². The average molecular weight is 614 g/mol. The predicted molar refractivity (Wildman–Crippen MR) is 161 cm³/mol. The number of hydrogen-bond donors (Lipinski definition) is 1. The number of aliphatic hydroxyl groups excluding tert-OH is 1. The van der Waals surface area contributed by atoms with Crippen LogP contribution in [0.15, 0.2) is 48.9 Å². The number of aliphatic hydroxyl groups is 1. The fraction of sp³-hybridized carbons (Fsp3) is 0.321. The molecule has 0 atom stereocenters. The molecule has 0 aliphatic carbocycles. The van der Waals surface area contributed by atoms with E-state index in [1.807, 2.05) is 35.0 Å². The molecule has 0 bridgehead atoms. The van der Waals surface area contributed by atoms with Crippen LogP contribution in [-0.2, 0) is 18.1 Å². The third-order valence-electron chi connectivity index (χ3n) is 6.31. The van der Waals surface area contributed by atoms with Crippen molar-refractivity contribution < 1.29 is 19.3 Å². The van der Waals surface area contributed by atoms with Gasteiger partial charge in [-0.3, -0.25) is 4.98 Å². The van der Waals surface area contributed by atoms with Gasteiger partial charge in [0.05, 0.1) is 29.9 Å². The number of rotatable bonds is 12. The van der Waals surface area contributed by atoms with Gasteiger partial charge in [0.25, 0.3) is 0 Å². The van der Waals surface area contributed by atoms with Crippen molar-refractivity contribution in [3.8, 4) is 22.8 Å². The quantitative estimate of drug-likeness (QED) is 0.0782. The third-order valence-corrected chi connectivity index (χ3v) is 8.46. The lowest BCUT2D eigenvalue weighted by Crippen LogP contribution is -2.22. The smallest absolute Gasteiger partial charge is 0.233 e. The van der Waals surface area contributed by atoms with Gasteiger partial charge in [-0.1, -0.05) is 37.3 Å². The highest BCUT2D eigenvalue weighted by molar-refractivity contribution is 6.76. The van der Waals surface area contributed by atoms with Crippen LogP contribution >= 0.6 is 23.2 Å². The van der Waals surface area contributed by atoms with Crippen LogP contribution in [0, 0.1) is 0 Å². The van der Waals surface area contributed by atoms with E-state index in [9.17, 15) is 5.11 Å².